The van der Waals surface area contributed by atoms with Crippen LogP contribution >= 0.6 is 0 Å². The first-order chi connectivity index (χ1) is 9.07. The summed E-state index contributed by atoms with van der Waals surface area (Å²) in [6.07, 6.45) is 4.05. The third-order valence-corrected chi connectivity index (χ3v) is 4.67. The zero-order valence-electron chi connectivity index (χ0n) is 13.0. The molecule has 0 saturated heterocycles. The maximum atomic E-state index is 3.70. The molecule has 1 aliphatic carbocycles. The van der Waals surface area contributed by atoms with Gasteiger partial charge in [0.15, 0.2) is 0 Å². The zero-order chi connectivity index (χ0) is 13.9. The summed E-state index contributed by atoms with van der Waals surface area (Å²) in [5.74, 6) is 1.66. The molecule has 1 aromatic rings. The van der Waals surface area contributed by atoms with Gasteiger partial charge in [-0.15, -0.1) is 0 Å². The standard InChI is InChI=1S/C18H29N/c1-5-16-10-18(11-16,13-19-12-14(2)3)17-9-7-6-8-15(17)4/h6-9,14,16,19H,5,10-13H2,1-4H3. The molecule has 0 aliphatic heterocycles. The quantitative estimate of drug-likeness (QED) is 0.803. The van der Waals surface area contributed by atoms with Crippen LogP contribution in [0.4, 0.5) is 0 Å². The highest BCUT2D eigenvalue weighted by Gasteiger charge is 2.44. The topological polar surface area (TPSA) is 12.0 Å². The molecule has 0 heterocycles. The minimum Gasteiger partial charge on any atom is -0.316 e. The van der Waals surface area contributed by atoms with E-state index in [0.717, 1.165) is 24.9 Å². The summed E-state index contributed by atoms with van der Waals surface area (Å²) in [4.78, 5) is 0. The molecule has 19 heavy (non-hydrogen) atoms. The van der Waals surface area contributed by atoms with Crippen molar-refractivity contribution in [2.75, 3.05) is 13.1 Å². The molecule has 1 nitrogen and oxygen atoms in total. The van der Waals surface area contributed by atoms with Crippen molar-refractivity contribution in [3.8, 4) is 0 Å². The predicted molar refractivity (Wildman–Crippen MR) is 83.6 cm³/mol. The normalized spacial score (nSPS) is 26.5. The van der Waals surface area contributed by atoms with E-state index in [0.29, 0.717) is 5.41 Å². The van der Waals surface area contributed by atoms with Gasteiger partial charge in [-0.2, -0.15) is 0 Å². The SMILES string of the molecule is CCC1CC(CNCC(C)C)(c2ccccc2C)C1. The van der Waals surface area contributed by atoms with Crippen LogP contribution in [-0.4, -0.2) is 13.1 Å². The van der Waals surface area contributed by atoms with Gasteiger partial charge in [-0.25, -0.2) is 0 Å². The Bertz CT molecular complexity index is 402. The summed E-state index contributed by atoms with van der Waals surface area (Å²) in [6, 6.07) is 8.97. The fourth-order valence-corrected chi connectivity index (χ4v) is 3.56. The molecule has 1 saturated carbocycles. The van der Waals surface area contributed by atoms with Gasteiger partial charge in [0.2, 0.25) is 0 Å². The molecular weight excluding hydrogens is 230 g/mol. The predicted octanol–water partition coefficient (Wildman–Crippen LogP) is 4.30. The molecule has 1 fully saturated rings. The smallest absolute Gasteiger partial charge is 0.00856 e. The van der Waals surface area contributed by atoms with E-state index in [1.54, 1.807) is 5.56 Å². The highest BCUT2D eigenvalue weighted by molar-refractivity contribution is 5.36. The van der Waals surface area contributed by atoms with Crippen molar-refractivity contribution in [3.05, 3.63) is 35.4 Å². The molecule has 0 spiro atoms. The van der Waals surface area contributed by atoms with Crippen LogP contribution in [0.2, 0.25) is 0 Å². The van der Waals surface area contributed by atoms with Crippen molar-refractivity contribution in [1.29, 1.82) is 0 Å². The number of hydrogen-bond acceptors (Lipinski definition) is 1. The molecular formula is C18H29N. The van der Waals surface area contributed by atoms with Gasteiger partial charge in [0.05, 0.1) is 0 Å². The van der Waals surface area contributed by atoms with E-state index >= 15 is 0 Å². The Morgan fingerprint density at radius 2 is 1.95 bits per heavy atom. The summed E-state index contributed by atoms with van der Waals surface area (Å²) < 4.78 is 0. The highest BCUT2D eigenvalue weighted by Crippen LogP contribution is 2.49. The lowest BCUT2D eigenvalue weighted by atomic mass is 9.57. The lowest BCUT2D eigenvalue weighted by molar-refractivity contribution is 0.132. The van der Waals surface area contributed by atoms with Gasteiger partial charge < -0.3 is 5.32 Å². The van der Waals surface area contributed by atoms with Crippen molar-refractivity contribution < 1.29 is 0 Å². The Morgan fingerprint density at radius 3 is 2.53 bits per heavy atom. The van der Waals surface area contributed by atoms with Crippen LogP contribution in [0.15, 0.2) is 24.3 Å². The van der Waals surface area contributed by atoms with Crippen LogP contribution in [0.1, 0.15) is 51.2 Å². The monoisotopic (exact) mass is 259 g/mol. The maximum absolute atomic E-state index is 3.70. The summed E-state index contributed by atoms with van der Waals surface area (Å²) >= 11 is 0. The molecule has 1 aromatic carbocycles. The van der Waals surface area contributed by atoms with E-state index in [1.165, 1.54) is 24.8 Å². The van der Waals surface area contributed by atoms with Crippen LogP contribution < -0.4 is 5.32 Å². The molecule has 0 amide bonds. The largest absolute Gasteiger partial charge is 0.316 e. The Kier molecular flexibility index (Phi) is 4.67. The van der Waals surface area contributed by atoms with E-state index in [1.807, 2.05) is 0 Å². The van der Waals surface area contributed by atoms with E-state index in [2.05, 4.69) is 57.3 Å². The average molecular weight is 259 g/mol. The van der Waals surface area contributed by atoms with E-state index in [4.69, 9.17) is 0 Å². The van der Waals surface area contributed by atoms with Gasteiger partial charge in [-0.1, -0.05) is 51.5 Å². The first-order valence-corrected chi connectivity index (χ1v) is 7.84. The second-order valence-electron chi connectivity index (χ2n) is 6.80. The number of hydrogen-bond donors (Lipinski definition) is 1. The average Bonchev–Trinajstić information content (AvgIpc) is 2.33. The third kappa shape index (κ3) is 3.20. The number of aryl methyl sites for hydroxylation is 1. The van der Waals surface area contributed by atoms with Crippen LogP contribution in [0.3, 0.4) is 0 Å². The van der Waals surface area contributed by atoms with Crippen LogP contribution in [0.25, 0.3) is 0 Å². The van der Waals surface area contributed by atoms with Crippen molar-refractivity contribution >= 4 is 0 Å². The molecule has 1 aliphatic rings. The summed E-state index contributed by atoms with van der Waals surface area (Å²) in [6.45, 7) is 11.4. The Hall–Kier alpha value is -0.820. The fraction of sp³-hybridized carbons (Fsp3) is 0.667. The molecule has 1 heteroatoms. The number of benzene rings is 1. The summed E-state index contributed by atoms with van der Waals surface area (Å²) in [7, 11) is 0. The molecule has 2 rings (SSSR count). The van der Waals surface area contributed by atoms with Gasteiger partial charge in [0, 0.05) is 12.0 Å². The minimum absolute atomic E-state index is 0.404. The maximum Gasteiger partial charge on any atom is 0.00856 e. The van der Waals surface area contributed by atoms with Gasteiger partial charge in [-0.05, 0) is 49.3 Å². The fourth-order valence-electron chi connectivity index (χ4n) is 3.56. The number of rotatable bonds is 6. The van der Waals surface area contributed by atoms with Crippen molar-refractivity contribution in [2.45, 2.75) is 52.4 Å². The van der Waals surface area contributed by atoms with Gasteiger partial charge in [0.25, 0.3) is 0 Å². The van der Waals surface area contributed by atoms with E-state index in [-0.39, 0.29) is 0 Å². The summed E-state index contributed by atoms with van der Waals surface area (Å²) in [5, 5.41) is 3.70. The van der Waals surface area contributed by atoms with Crippen molar-refractivity contribution in [1.82, 2.24) is 5.32 Å². The van der Waals surface area contributed by atoms with Crippen molar-refractivity contribution in [2.24, 2.45) is 11.8 Å². The minimum atomic E-state index is 0.404. The molecule has 0 bridgehead atoms. The Balaban J connectivity index is 2.10. The third-order valence-electron chi connectivity index (χ3n) is 4.67. The van der Waals surface area contributed by atoms with Crippen LogP contribution in [-0.2, 0) is 5.41 Å². The van der Waals surface area contributed by atoms with Gasteiger partial charge >= 0.3 is 0 Å². The van der Waals surface area contributed by atoms with Crippen molar-refractivity contribution in [3.63, 3.8) is 0 Å². The molecule has 1 N–H and O–H groups in total. The first-order valence-electron chi connectivity index (χ1n) is 7.84. The molecule has 0 aromatic heterocycles. The lowest BCUT2D eigenvalue weighted by Gasteiger charge is -2.49. The second-order valence-corrected chi connectivity index (χ2v) is 6.80. The second kappa shape index (κ2) is 6.09. The lowest BCUT2D eigenvalue weighted by Crippen LogP contribution is -2.49. The summed E-state index contributed by atoms with van der Waals surface area (Å²) in [5.41, 5.74) is 3.44. The van der Waals surface area contributed by atoms with Gasteiger partial charge in [0.1, 0.15) is 0 Å². The molecule has 0 unspecified atom stereocenters. The molecule has 106 valence electrons. The van der Waals surface area contributed by atoms with Crippen LogP contribution in [0, 0.1) is 18.8 Å². The van der Waals surface area contributed by atoms with E-state index < -0.39 is 0 Å². The molecule has 0 radical (unpaired) electrons. The Labute approximate surface area is 118 Å². The zero-order valence-corrected chi connectivity index (χ0v) is 13.0. The highest BCUT2D eigenvalue weighted by atomic mass is 14.9. The Morgan fingerprint density at radius 1 is 1.26 bits per heavy atom. The molecule has 0 atom stereocenters. The van der Waals surface area contributed by atoms with E-state index in [9.17, 15) is 0 Å². The van der Waals surface area contributed by atoms with Gasteiger partial charge in [-0.3, -0.25) is 0 Å². The van der Waals surface area contributed by atoms with Crippen LogP contribution in [0.5, 0.6) is 0 Å². The number of nitrogens with one attached hydrogen (secondary N) is 1. The first kappa shape index (κ1) is 14.6.